The van der Waals surface area contributed by atoms with Crippen molar-refractivity contribution in [1.82, 2.24) is 0 Å². The van der Waals surface area contributed by atoms with Crippen molar-refractivity contribution in [2.24, 2.45) is 0 Å². The van der Waals surface area contributed by atoms with Gasteiger partial charge in [-0.25, -0.2) is 9.59 Å². The number of esters is 2. The Bertz CT molecular complexity index is 1110. The zero-order valence-electron chi connectivity index (χ0n) is 21.7. The van der Waals surface area contributed by atoms with E-state index in [4.69, 9.17) is 0 Å². The van der Waals surface area contributed by atoms with Crippen LogP contribution in [0.5, 0.6) is 0 Å². The maximum atomic E-state index is 13.5. The maximum Gasteiger partial charge on any atom is 0.416 e. The molecule has 0 aliphatic carbocycles. The number of methoxy groups -OCH3 is 2. The Morgan fingerprint density at radius 2 is 1.13 bits per heavy atom. The third-order valence-corrected chi connectivity index (χ3v) is 5.89. The minimum absolute atomic E-state index is 0.0674. The molecule has 2 aromatic rings. The van der Waals surface area contributed by atoms with E-state index in [0.717, 1.165) is 50.9 Å². The smallest absolute Gasteiger partial charge is 0.416 e. The second-order valence-corrected chi connectivity index (χ2v) is 8.77. The lowest BCUT2D eigenvalue weighted by Crippen LogP contribution is -2.33. The molecular formula is C27H29F6NO5. The Labute approximate surface area is 221 Å². The molecule has 0 heterocycles. The van der Waals surface area contributed by atoms with E-state index in [1.165, 1.54) is 12.1 Å². The van der Waals surface area contributed by atoms with Gasteiger partial charge in [0.2, 0.25) is 0 Å². The third-order valence-electron chi connectivity index (χ3n) is 5.89. The van der Waals surface area contributed by atoms with Gasteiger partial charge < -0.3 is 14.4 Å². The number of amides is 1. The second-order valence-electron chi connectivity index (χ2n) is 8.77. The zero-order chi connectivity index (χ0) is 29.4. The molecule has 0 saturated heterocycles. The van der Waals surface area contributed by atoms with Crippen LogP contribution in [0, 0.1) is 0 Å². The highest BCUT2D eigenvalue weighted by molar-refractivity contribution is 6.08. The monoisotopic (exact) mass is 561 g/mol. The van der Waals surface area contributed by atoms with Gasteiger partial charge in [0.15, 0.2) is 0 Å². The van der Waals surface area contributed by atoms with Gasteiger partial charge >= 0.3 is 24.3 Å². The van der Waals surface area contributed by atoms with Crippen molar-refractivity contribution >= 4 is 23.5 Å². The molecule has 0 N–H and O–H groups in total. The van der Waals surface area contributed by atoms with Gasteiger partial charge in [0.25, 0.3) is 5.91 Å². The molecule has 2 rings (SSSR count). The SMILES string of the molecule is CCCCCCCCN(C(=O)c1cc(C(F)(F)F)cc(C(F)(F)F)c1)c1cc(C(=O)OC)cc(C(=O)OC)c1. The number of alkyl halides is 6. The van der Waals surface area contributed by atoms with Crippen LogP contribution in [0.2, 0.25) is 0 Å². The summed E-state index contributed by atoms with van der Waals surface area (Å²) in [5.41, 5.74) is -4.57. The maximum absolute atomic E-state index is 13.5. The van der Waals surface area contributed by atoms with E-state index >= 15 is 0 Å². The average Bonchev–Trinajstić information content (AvgIpc) is 2.89. The van der Waals surface area contributed by atoms with E-state index in [9.17, 15) is 40.7 Å². The molecule has 12 heteroatoms. The minimum Gasteiger partial charge on any atom is -0.465 e. The van der Waals surface area contributed by atoms with Crippen molar-refractivity contribution in [1.29, 1.82) is 0 Å². The Balaban J connectivity index is 2.64. The molecule has 0 spiro atoms. The fourth-order valence-electron chi connectivity index (χ4n) is 3.87. The first kappa shape index (κ1) is 31.6. The lowest BCUT2D eigenvalue weighted by Gasteiger charge is -2.25. The predicted octanol–water partition coefficient (Wildman–Crippen LogP) is 7.30. The highest BCUT2D eigenvalue weighted by Gasteiger charge is 2.38. The third kappa shape index (κ3) is 8.72. The average molecular weight is 562 g/mol. The highest BCUT2D eigenvalue weighted by atomic mass is 19.4. The van der Waals surface area contributed by atoms with E-state index in [1.54, 1.807) is 0 Å². The number of unbranched alkanes of at least 4 members (excludes halogenated alkanes) is 5. The van der Waals surface area contributed by atoms with Crippen LogP contribution < -0.4 is 4.90 Å². The minimum atomic E-state index is -5.15. The molecule has 214 valence electrons. The van der Waals surface area contributed by atoms with Crippen LogP contribution in [-0.4, -0.2) is 38.6 Å². The summed E-state index contributed by atoms with van der Waals surface area (Å²) in [5.74, 6) is -2.93. The fraction of sp³-hybridized carbons (Fsp3) is 0.444. The molecule has 0 unspecified atom stereocenters. The molecule has 6 nitrogen and oxygen atoms in total. The number of rotatable bonds is 11. The Morgan fingerprint density at radius 1 is 0.667 bits per heavy atom. The quantitative estimate of drug-likeness (QED) is 0.164. The molecule has 0 radical (unpaired) electrons. The van der Waals surface area contributed by atoms with E-state index in [2.05, 4.69) is 9.47 Å². The molecule has 0 bridgehead atoms. The molecule has 0 aromatic heterocycles. The largest absolute Gasteiger partial charge is 0.465 e. The number of carbonyl (C=O) groups excluding carboxylic acids is 3. The van der Waals surface area contributed by atoms with Crippen molar-refractivity contribution in [3.05, 3.63) is 64.2 Å². The summed E-state index contributed by atoms with van der Waals surface area (Å²) in [5, 5.41) is 0. The van der Waals surface area contributed by atoms with Gasteiger partial charge in [0, 0.05) is 17.8 Å². The van der Waals surface area contributed by atoms with Crippen LogP contribution in [0.4, 0.5) is 32.0 Å². The van der Waals surface area contributed by atoms with Gasteiger partial charge in [-0.1, -0.05) is 39.0 Å². The molecule has 2 aromatic carbocycles. The van der Waals surface area contributed by atoms with E-state index in [1.807, 2.05) is 6.92 Å². The summed E-state index contributed by atoms with van der Waals surface area (Å²) in [7, 11) is 2.15. The lowest BCUT2D eigenvalue weighted by molar-refractivity contribution is -0.143. The van der Waals surface area contributed by atoms with Crippen molar-refractivity contribution < 1.29 is 50.2 Å². The zero-order valence-corrected chi connectivity index (χ0v) is 21.7. The number of hydrogen-bond acceptors (Lipinski definition) is 5. The summed E-state index contributed by atoms with van der Waals surface area (Å²) in [4.78, 5) is 39.0. The molecule has 0 aliphatic heterocycles. The topological polar surface area (TPSA) is 72.9 Å². The Kier molecular flexibility index (Phi) is 10.9. The van der Waals surface area contributed by atoms with Gasteiger partial charge in [0.1, 0.15) is 0 Å². The van der Waals surface area contributed by atoms with Gasteiger partial charge in [-0.3, -0.25) is 4.79 Å². The molecule has 39 heavy (non-hydrogen) atoms. The van der Waals surface area contributed by atoms with Crippen LogP contribution in [0.1, 0.15) is 87.6 Å². The summed E-state index contributed by atoms with van der Waals surface area (Å²) in [6.45, 7) is 1.92. The van der Waals surface area contributed by atoms with Crippen molar-refractivity contribution in [3.63, 3.8) is 0 Å². The summed E-state index contributed by atoms with van der Waals surface area (Å²) in [6, 6.07) is 4.11. The number of anilines is 1. The number of hydrogen-bond donors (Lipinski definition) is 0. The number of carbonyl (C=O) groups is 3. The van der Waals surface area contributed by atoms with Crippen LogP contribution in [0.25, 0.3) is 0 Å². The van der Waals surface area contributed by atoms with Gasteiger partial charge in [-0.05, 0) is 42.8 Å². The van der Waals surface area contributed by atoms with Crippen LogP contribution in [0.15, 0.2) is 36.4 Å². The Morgan fingerprint density at radius 3 is 1.56 bits per heavy atom. The summed E-state index contributed by atoms with van der Waals surface area (Å²) in [6.07, 6.45) is -5.64. The standard InChI is InChI=1S/C27H29F6NO5/c1-4-5-6-7-8-9-10-34(22-14-18(24(36)38-2)11-19(15-22)25(37)39-3)23(35)17-12-20(26(28,29)30)16-21(13-17)27(31,32)33/h11-16H,4-10H2,1-3H3. The molecule has 0 aliphatic rings. The van der Waals surface area contributed by atoms with Crippen LogP contribution in [-0.2, 0) is 21.8 Å². The molecule has 0 atom stereocenters. The van der Waals surface area contributed by atoms with E-state index in [0.29, 0.717) is 25.0 Å². The summed E-state index contributed by atoms with van der Waals surface area (Å²) >= 11 is 0. The summed E-state index contributed by atoms with van der Waals surface area (Å²) < 4.78 is 90.0. The van der Waals surface area contributed by atoms with E-state index in [-0.39, 0.29) is 29.4 Å². The van der Waals surface area contributed by atoms with E-state index < -0.39 is 46.9 Å². The molecule has 0 saturated carbocycles. The number of ether oxygens (including phenoxy) is 2. The highest BCUT2D eigenvalue weighted by Crippen LogP contribution is 2.37. The van der Waals surface area contributed by atoms with Gasteiger partial charge in [-0.2, -0.15) is 26.3 Å². The van der Waals surface area contributed by atoms with Crippen LogP contribution >= 0.6 is 0 Å². The number of halogens is 6. The first-order chi connectivity index (χ1) is 18.2. The van der Waals surface area contributed by atoms with Crippen LogP contribution in [0.3, 0.4) is 0 Å². The first-order valence-electron chi connectivity index (χ1n) is 12.2. The number of benzene rings is 2. The molecule has 0 fully saturated rings. The molecule has 1 amide bonds. The number of nitrogens with zero attached hydrogens (tertiary/aromatic N) is 1. The Hall–Kier alpha value is -3.57. The lowest BCUT2D eigenvalue weighted by atomic mass is 10.0. The normalized spacial score (nSPS) is 11.7. The second kappa shape index (κ2) is 13.5. The molecular weight excluding hydrogens is 532 g/mol. The van der Waals surface area contributed by atoms with Crippen molar-refractivity contribution in [3.8, 4) is 0 Å². The van der Waals surface area contributed by atoms with Gasteiger partial charge in [-0.15, -0.1) is 0 Å². The first-order valence-corrected chi connectivity index (χ1v) is 12.2. The van der Waals surface area contributed by atoms with Crippen molar-refractivity contribution in [2.45, 2.75) is 57.8 Å². The van der Waals surface area contributed by atoms with Gasteiger partial charge in [0.05, 0.1) is 36.5 Å². The predicted molar refractivity (Wildman–Crippen MR) is 131 cm³/mol. The fourth-order valence-corrected chi connectivity index (χ4v) is 3.87. The van der Waals surface area contributed by atoms with Crippen molar-refractivity contribution in [2.75, 3.05) is 25.7 Å².